The van der Waals surface area contributed by atoms with Crippen molar-refractivity contribution in [2.45, 2.75) is 50.2 Å². The minimum absolute atomic E-state index is 0.0835. The van der Waals surface area contributed by atoms with Gasteiger partial charge in [-0.2, -0.15) is 0 Å². The maximum Gasteiger partial charge on any atom is 0.243 e. The van der Waals surface area contributed by atoms with Crippen molar-refractivity contribution < 1.29 is 9.53 Å². The molecule has 0 spiro atoms. The summed E-state index contributed by atoms with van der Waals surface area (Å²) in [4.78, 5) is 15.2. The maximum atomic E-state index is 13.2. The van der Waals surface area contributed by atoms with Crippen LogP contribution in [0.2, 0.25) is 5.02 Å². The molecule has 1 amide bonds. The Morgan fingerprint density at radius 3 is 2.64 bits per heavy atom. The van der Waals surface area contributed by atoms with Crippen molar-refractivity contribution in [2.24, 2.45) is 5.73 Å². The molecule has 1 aromatic heterocycles. The summed E-state index contributed by atoms with van der Waals surface area (Å²) in [5.41, 5.74) is 8.26. The number of carbonyl (C=O) groups is 1. The van der Waals surface area contributed by atoms with Crippen LogP contribution in [-0.4, -0.2) is 45.3 Å². The first-order valence-electron chi connectivity index (χ1n) is 11.3. The molecular formula is C25H28ClN5O2. The zero-order valence-electron chi connectivity index (χ0n) is 18.7. The highest BCUT2D eigenvalue weighted by atomic mass is 35.5. The van der Waals surface area contributed by atoms with Gasteiger partial charge in [0.15, 0.2) is 11.6 Å². The molecule has 2 N–H and O–H groups in total. The molecule has 1 saturated carbocycles. The van der Waals surface area contributed by atoms with Gasteiger partial charge in [0.2, 0.25) is 5.91 Å². The number of methoxy groups -OCH3 is 1. The lowest BCUT2D eigenvalue weighted by atomic mass is 9.68. The van der Waals surface area contributed by atoms with Gasteiger partial charge in [-0.3, -0.25) is 9.36 Å². The highest BCUT2D eigenvalue weighted by molar-refractivity contribution is 6.30. The second-order valence-electron chi connectivity index (χ2n) is 9.01. The van der Waals surface area contributed by atoms with E-state index in [9.17, 15) is 4.79 Å². The standard InChI is InChI=1S/C25H28ClN5O2/c1-33-21-7-2-4-17(12-21)24-29-28-22-14-30(23(32)15-31(22)24)20-8-10-25(16-27,11-9-20)18-5-3-6-19(26)13-18/h2-7,12-13,20H,8-11,14-16,27H2,1H3/t20-,25+. The molecule has 2 aromatic carbocycles. The molecule has 0 unspecified atom stereocenters. The van der Waals surface area contributed by atoms with Crippen LogP contribution in [0.4, 0.5) is 0 Å². The largest absolute Gasteiger partial charge is 0.497 e. The van der Waals surface area contributed by atoms with E-state index in [2.05, 4.69) is 16.3 Å². The van der Waals surface area contributed by atoms with Gasteiger partial charge in [0.05, 0.1) is 13.7 Å². The van der Waals surface area contributed by atoms with Gasteiger partial charge in [-0.15, -0.1) is 10.2 Å². The second-order valence-corrected chi connectivity index (χ2v) is 9.44. The lowest BCUT2D eigenvalue weighted by Crippen LogP contribution is -2.50. The molecular weight excluding hydrogens is 438 g/mol. The van der Waals surface area contributed by atoms with E-state index in [0.29, 0.717) is 18.9 Å². The van der Waals surface area contributed by atoms with Crippen molar-refractivity contribution in [3.05, 3.63) is 64.9 Å². The molecule has 3 aromatic rings. The van der Waals surface area contributed by atoms with Crippen molar-refractivity contribution in [3.63, 3.8) is 0 Å². The molecule has 1 fully saturated rings. The number of ether oxygens (including phenoxy) is 1. The first-order chi connectivity index (χ1) is 16.0. The van der Waals surface area contributed by atoms with Gasteiger partial charge < -0.3 is 15.4 Å². The fourth-order valence-corrected chi connectivity index (χ4v) is 5.48. The molecule has 2 heterocycles. The van der Waals surface area contributed by atoms with Crippen LogP contribution >= 0.6 is 11.6 Å². The Bertz CT molecular complexity index is 1170. The predicted molar refractivity (Wildman–Crippen MR) is 127 cm³/mol. The van der Waals surface area contributed by atoms with Gasteiger partial charge in [0.1, 0.15) is 12.3 Å². The zero-order chi connectivity index (χ0) is 23.0. The van der Waals surface area contributed by atoms with Crippen molar-refractivity contribution >= 4 is 17.5 Å². The molecule has 0 bridgehead atoms. The SMILES string of the molecule is COc1cccc(-c2nnc3n2CC(=O)N([C@H]2CC[C@@](CN)(c4cccc(Cl)c4)CC2)C3)c1. The first kappa shape index (κ1) is 21.9. The van der Waals surface area contributed by atoms with E-state index in [1.54, 1.807) is 7.11 Å². The minimum Gasteiger partial charge on any atom is -0.497 e. The molecule has 0 saturated heterocycles. The average molecular weight is 466 g/mol. The molecule has 172 valence electrons. The number of rotatable bonds is 5. The molecule has 2 aliphatic rings. The number of benzene rings is 2. The fourth-order valence-electron chi connectivity index (χ4n) is 5.29. The van der Waals surface area contributed by atoms with Crippen molar-refractivity contribution in [1.29, 1.82) is 0 Å². The fraction of sp³-hybridized carbons (Fsp3) is 0.400. The van der Waals surface area contributed by atoms with Crippen LogP contribution in [0.25, 0.3) is 11.4 Å². The topological polar surface area (TPSA) is 86.3 Å². The third kappa shape index (κ3) is 4.00. The van der Waals surface area contributed by atoms with E-state index in [1.807, 2.05) is 51.9 Å². The number of nitrogens with two attached hydrogens (primary N) is 1. The summed E-state index contributed by atoms with van der Waals surface area (Å²) in [5, 5.41) is 9.54. The van der Waals surface area contributed by atoms with Gasteiger partial charge in [-0.1, -0.05) is 35.9 Å². The zero-order valence-corrected chi connectivity index (χ0v) is 19.5. The normalized spacial score (nSPS) is 22.8. The number of hydrogen-bond donors (Lipinski definition) is 1. The Balaban J connectivity index is 1.33. The van der Waals surface area contributed by atoms with E-state index in [4.69, 9.17) is 22.1 Å². The molecule has 8 heteroatoms. The van der Waals surface area contributed by atoms with E-state index in [-0.39, 0.29) is 23.9 Å². The van der Waals surface area contributed by atoms with E-state index >= 15 is 0 Å². The number of amides is 1. The van der Waals surface area contributed by atoms with Crippen molar-refractivity contribution in [1.82, 2.24) is 19.7 Å². The lowest BCUT2D eigenvalue weighted by molar-refractivity contribution is -0.137. The van der Waals surface area contributed by atoms with Gasteiger partial charge in [0, 0.05) is 28.6 Å². The van der Waals surface area contributed by atoms with Gasteiger partial charge in [-0.05, 0) is 55.5 Å². The van der Waals surface area contributed by atoms with Crippen LogP contribution in [0.15, 0.2) is 48.5 Å². The summed E-state index contributed by atoms with van der Waals surface area (Å²) in [6, 6.07) is 15.9. The lowest BCUT2D eigenvalue weighted by Gasteiger charge is -2.44. The molecule has 0 radical (unpaired) electrons. The minimum atomic E-state index is -0.0835. The summed E-state index contributed by atoms with van der Waals surface area (Å²) >= 11 is 6.25. The Kier molecular flexibility index (Phi) is 5.85. The summed E-state index contributed by atoms with van der Waals surface area (Å²) in [5.74, 6) is 2.37. The third-order valence-electron chi connectivity index (χ3n) is 7.26. The average Bonchev–Trinajstić information content (AvgIpc) is 3.26. The number of aromatic nitrogens is 3. The molecule has 0 atom stereocenters. The van der Waals surface area contributed by atoms with Gasteiger partial charge in [-0.25, -0.2) is 0 Å². The molecule has 33 heavy (non-hydrogen) atoms. The van der Waals surface area contributed by atoms with Gasteiger partial charge >= 0.3 is 0 Å². The number of fused-ring (bicyclic) bond motifs is 1. The quantitative estimate of drug-likeness (QED) is 0.619. The van der Waals surface area contributed by atoms with Crippen LogP contribution in [0.5, 0.6) is 5.75 Å². The number of nitrogens with zero attached hydrogens (tertiary/aromatic N) is 4. The summed E-state index contributed by atoms with van der Waals surface area (Å²) in [7, 11) is 1.63. The Labute approximate surface area is 198 Å². The Hall–Kier alpha value is -2.90. The monoisotopic (exact) mass is 465 g/mol. The molecule has 1 aliphatic heterocycles. The first-order valence-corrected chi connectivity index (χ1v) is 11.7. The molecule has 5 rings (SSSR count). The number of hydrogen-bond acceptors (Lipinski definition) is 5. The Morgan fingerprint density at radius 1 is 1.12 bits per heavy atom. The third-order valence-corrected chi connectivity index (χ3v) is 7.50. The predicted octanol–water partition coefficient (Wildman–Crippen LogP) is 3.79. The van der Waals surface area contributed by atoms with E-state index in [0.717, 1.165) is 47.8 Å². The van der Waals surface area contributed by atoms with E-state index in [1.165, 1.54) is 5.56 Å². The van der Waals surface area contributed by atoms with Gasteiger partial charge in [0.25, 0.3) is 0 Å². The number of carbonyl (C=O) groups excluding carboxylic acids is 1. The number of halogens is 1. The van der Waals surface area contributed by atoms with Crippen molar-refractivity contribution in [3.8, 4) is 17.1 Å². The van der Waals surface area contributed by atoms with Crippen molar-refractivity contribution in [2.75, 3.05) is 13.7 Å². The highest BCUT2D eigenvalue weighted by Gasteiger charge is 2.40. The second kappa shape index (κ2) is 8.80. The Morgan fingerprint density at radius 2 is 1.91 bits per heavy atom. The van der Waals surface area contributed by atoms with Crippen LogP contribution in [-0.2, 0) is 23.3 Å². The van der Waals surface area contributed by atoms with Crippen LogP contribution in [0.3, 0.4) is 0 Å². The summed E-state index contributed by atoms with van der Waals surface area (Å²) in [6.07, 6.45) is 3.68. The summed E-state index contributed by atoms with van der Waals surface area (Å²) in [6.45, 7) is 1.31. The van der Waals surface area contributed by atoms with Crippen LogP contribution < -0.4 is 10.5 Å². The van der Waals surface area contributed by atoms with Crippen LogP contribution in [0, 0.1) is 0 Å². The molecule has 7 nitrogen and oxygen atoms in total. The molecule has 1 aliphatic carbocycles. The maximum absolute atomic E-state index is 13.2. The highest BCUT2D eigenvalue weighted by Crippen LogP contribution is 2.41. The van der Waals surface area contributed by atoms with E-state index < -0.39 is 0 Å². The smallest absolute Gasteiger partial charge is 0.243 e. The van der Waals surface area contributed by atoms with Crippen LogP contribution in [0.1, 0.15) is 37.1 Å². The summed E-state index contributed by atoms with van der Waals surface area (Å²) < 4.78 is 7.25.